The van der Waals surface area contributed by atoms with Gasteiger partial charge in [0.05, 0.1) is 18.8 Å². The molecule has 0 saturated heterocycles. The van der Waals surface area contributed by atoms with Gasteiger partial charge in [0.25, 0.3) is 6.43 Å². The first kappa shape index (κ1) is 17.9. The third kappa shape index (κ3) is 7.39. The maximum Gasteiger partial charge on any atom is 0.261 e. The molecule has 0 bridgehead atoms. The Hall–Kier alpha value is -1.20. The lowest BCUT2D eigenvalue weighted by Gasteiger charge is -2.20. The monoisotopic (exact) mass is 301 g/mol. The number of alkyl halides is 2. The zero-order chi connectivity index (χ0) is 15.7. The molecule has 0 aliphatic carbocycles. The van der Waals surface area contributed by atoms with Gasteiger partial charge in [0.2, 0.25) is 0 Å². The van der Waals surface area contributed by atoms with Crippen LogP contribution in [0.5, 0.6) is 5.75 Å². The second-order valence-electron chi connectivity index (χ2n) is 5.17. The highest BCUT2D eigenvalue weighted by Crippen LogP contribution is 2.19. The molecule has 1 atom stereocenters. The van der Waals surface area contributed by atoms with Gasteiger partial charge in [-0.05, 0) is 44.5 Å². The summed E-state index contributed by atoms with van der Waals surface area (Å²) < 4.78 is 35.0. The van der Waals surface area contributed by atoms with E-state index in [4.69, 9.17) is 9.47 Å². The molecule has 0 fully saturated rings. The highest BCUT2D eigenvalue weighted by molar-refractivity contribution is 5.29. The van der Waals surface area contributed by atoms with Crippen molar-refractivity contribution in [1.82, 2.24) is 5.32 Å². The molecule has 3 nitrogen and oxygen atoms in total. The Balaban J connectivity index is 2.63. The zero-order valence-corrected chi connectivity index (χ0v) is 12.9. The average molecular weight is 301 g/mol. The normalized spacial score (nSPS) is 12.9. The summed E-state index contributed by atoms with van der Waals surface area (Å²) in [4.78, 5) is 0. The first-order valence-corrected chi connectivity index (χ1v) is 7.38. The summed E-state index contributed by atoms with van der Waals surface area (Å²) in [6.45, 7) is 6.51. The van der Waals surface area contributed by atoms with E-state index >= 15 is 0 Å². The molecule has 21 heavy (non-hydrogen) atoms. The fraction of sp³-hybridized carbons (Fsp3) is 0.625. The molecule has 0 spiro atoms. The minimum atomic E-state index is -2.43. The summed E-state index contributed by atoms with van der Waals surface area (Å²) in [5, 5.41) is 3.31. The first-order valence-electron chi connectivity index (χ1n) is 7.38. The lowest BCUT2D eigenvalue weighted by Crippen LogP contribution is -2.27. The van der Waals surface area contributed by atoms with Crippen molar-refractivity contribution in [2.24, 2.45) is 0 Å². The molecule has 1 aromatic carbocycles. The van der Waals surface area contributed by atoms with Crippen LogP contribution in [0.15, 0.2) is 24.3 Å². The van der Waals surface area contributed by atoms with Crippen molar-refractivity contribution in [1.29, 1.82) is 0 Å². The maximum atomic E-state index is 12.2. The predicted molar refractivity (Wildman–Crippen MR) is 80.1 cm³/mol. The summed E-state index contributed by atoms with van der Waals surface area (Å²) in [5.74, 6) is 0.802. The standard InChI is InChI=1S/C16H25F2NO2/c1-4-9-19-15(10-20-11-16(17)18)13-5-7-14(8-6-13)21-12(2)3/h5-8,12,15-16,19H,4,9-11H2,1-3H3. The minimum Gasteiger partial charge on any atom is -0.491 e. The number of hydrogen-bond donors (Lipinski definition) is 1. The number of hydrogen-bond acceptors (Lipinski definition) is 3. The molecule has 0 heterocycles. The Bertz CT molecular complexity index is 382. The van der Waals surface area contributed by atoms with Crippen LogP contribution < -0.4 is 10.1 Å². The SMILES string of the molecule is CCCNC(COCC(F)F)c1ccc(OC(C)C)cc1. The Kier molecular flexibility index (Phi) is 8.23. The van der Waals surface area contributed by atoms with Crippen LogP contribution in [0.25, 0.3) is 0 Å². The Labute approximate surface area is 125 Å². The van der Waals surface area contributed by atoms with Crippen molar-refractivity contribution in [3.63, 3.8) is 0 Å². The molecule has 0 radical (unpaired) electrons. The molecule has 5 heteroatoms. The van der Waals surface area contributed by atoms with Gasteiger partial charge in [0.15, 0.2) is 0 Å². The van der Waals surface area contributed by atoms with Gasteiger partial charge in [-0.1, -0.05) is 19.1 Å². The lowest BCUT2D eigenvalue weighted by atomic mass is 10.1. The van der Waals surface area contributed by atoms with Crippen LogP contribution in [0.4, 0.5) is 8.78 Å². The maximum absolute atomic E-state index is 12.2. The first-order chi connectivity index (χ1) is 10.0. The summed E-state index contributed by atoms with van der Waals surface area (Å²) in [5.41, 5.74) is 1.01. The third-order valence-electron chi connectivity index (χ3n) is 2.82. The molecule has 0 aromatic heterocycles. The van der Waals surface area contributed by atoms with Crippen LogP contribution >= 0.6 is 0 Å². The summed E-state index contributed by atoms with van der Waals surface area (Å²) in [7, 11) is 0. The molecule has 1 unspecified atom stereocenters. The smallest absolute Gasteiger partial charge is 0.261 e. The Morgan fingerprint density at radius 2 is 1.76 bits per heavy atom. The molecule has 0 amide bonds. The van der Waals surface area contributed by atoms with E-state index in [1.54, 1.807) is 0 Å². The highest BCUT2D eigenvalue weighted by atomic mass is 19.3. The van der Waals surface area contributed by atoms with Gasteiger partial charge in [-0.25, -0.2) is 8.78 Å². The quantitative estimate of drug-likeness (QED) is 0.713. The minimum absolute atomic E-state index is 0.0863. The highest BCUT2D eigenvalue weighted by Gasteiger charge is 2.13. The molecule has 1 rings (SSSR count). The Morgan fingerprint density at radius 1 is 1.10 bits per heavy atom. The van der Waals surface area contributed by atoms with Gasteiger partial charge in [-0.3, -0.25) is 0 Å². The van der Waals surface area contributed by atoms with Crippen LogP contribution in [-0.4, -0.2) is 32.3 Å². The number of benzene rings is 1. The number of rotatable bonds is 10. The van der Waals surface area contributed by atoms with Crippen LogP contribution in [0.2, 0.25) is 0 Å². The fourth-order valence-electron chi connectivity index (χ4n) is 1.92. The topological polar surface area (TPSA) is 30.5 Å². The summed E-state index contributed by atoms with van der Waals surface area (Å²) in [6.07, 6.45) is -1.34. The van der Waals surface area contributed by atoms with E-state index in [2.05, 4.69) is 12.2 Å². The second-order valence-corrected chi connectivity index (χ2v) is 5.17. The lowest BCUT2D eigenvalue weighted by molar-refractivity contribution is 0.00921. The Morgan fingerprint density at radius 3 is 2.29 bits per heavy atom. The molecular weight excluding hydrogens is 276 g/mol. The van der Waals surface area contributed by atoms with Gasteiger partial charge in [0.1, 0.15) is 12.4 Å². The van der Waals surface area contributed by atoms with Crippen molar-refractivity contribution in [2.75, 3.05) is 19.8 Å². The molecular formula is C16H25F2NO2. The van der Waals surface area contributed by atoms with E-state index in [1.165, 1.54) is 0 Å². The van der Waals surface area contributed by atoms with Gasteiger partial charge in [-0.15, -0.1) is 0 Å². The van der Waals surface area contributed by atoms with Crippen molar-refractivity contribution in [2.45, 2.75) is 45.8 Å². The van der Waals surface area contributed by atoms with E-state index in [-0.39, 0.29) is 18.8 Å². The summed E-state index contributed by atoms with van der Waals surface area (Å²) >= 11 is 0. The van der Waals surface area contributed by atoms with Crippen LogP contribution in [0, 0.1) is 0 Å². The van der Waals surface area contributed by atoms with Gasteiger partial charge in [0, 0.05) is 0 Å². The van der Waals surface area contributed by atoms with Crippen molar-refractivity contribution in [3.8, 4) is 5.75 Å². The molecule has 1 aromatic rings. The number of halogens is 2. The molecule has 0 saturated carbocycles. The van der Waals surface area contributed by atoms with E-state index < -0.39 is 13.0 Å². The molecule has 1 N–H and O–H groups in total. The molecule has 0 aliphatic heterocycles. The predicted octanol–water partition coefficient (Wildman–Crippen LogP) is 3.80. The largest absolute Gasteiger partial charge is 0.491 e. The average Bonchev–Trinajstić information content (AvgIpc) is 2.42. The van der Waals surface area contributed by atoms with Crippen molar-refractivity contribution < 1.29 is 18.3 Å². The van der Waals surface area contributed by atoms with E-state index in [1.807, 2.05) is 38.1 Å². The van der Waals surface area contributed by atoms with Crippen molar-refractivity contribution in [3.05, 3.63) is 29.8 Å². The van der Waals surface area contributed by atoms with Gasteiger partial charge >= 0.3 is 0 Å². The second kappa shape index (κ2) is 9.68. The number of nitrogens with one attached hydrogen (secondary N) is 1. The van der Waals surface area contributed by atoms with Crippen LogP contribution in [0.3, 0.4) is 0 Å². The van der Waals surface area contributed by atoms with E-state index in [9.17, 15) is 8.78 Å². The van der Waals surface area contributed by atoms with E-state index in [0.717, 1.165) is 24.3 Å². The summed E-state index contributed by atoms with van der Waals surface area (Å²) in [6, 6.07) is 7.58. The fourth-order valence-corrected chi connectivity index (χ4v) is 1.92. The number of ether oxygens (including phenoxy) is 2. The van der Waals surface area contributed by atoms with Crippen molar-refractivity contribution >= 4 is 0 Å². The molecule has 0 aliphatic rings. The third-order valence-corrected chi connectivity index (χ3v) is 2.82. The molecule has 120 valence electrons. The van der Waals surface area contributed by atoms with Gasteiger partial charge in [-0.2, -0.15) is 0 Å². The van der Waals surface area contributed by atoms with Crippen LogP contribution in [-0.2, 0) is 4.74 Å². The van der Waals surface area contributed by atoms with Gasteiger partial charge < -0.3 is 14.8 Å². The zero-order valence-electron chi connectivity index (χ0n) is 12.9. The van der Waals surface area contributed by atoms with E-state index in [0.29, 0.717) is 0 Å². The van der Waals surface area contributed by atoms with Crippen LogP contribution in [0.1, 0.15) is 38.8 Å².